The summed E-state index contributed by atoms with van der Waals surface area (Å²) in [6.45, 7) is 2.04. The number of benzene rings is 3. The maximum atomic E-state index is 13.8. The number of rotatable bonds is 7. The van der Waals surface area contributed by atoms with E-state index in [2.05, 4.69) is 0 Å². The molecule has 4 rings (SSSR count). The molecule has 0 N–H and O–H groups in total. The summed E-state index contributed by atoms with van der Waals surface area (Å²) >= 11 is 6.52. The van der Waals surface area contributed by atoms with E-state index < -0.39 is 0 Å². The molecule has 3 aromatic carbocycles. The number of aryl methyl sites for hydroxylation is 1. The lowest BCUT2D eigenvalue weighted by Gasteiger charge is -2.14. The molecule has 33 heavy (non-hydrogen) atoms. The molecule has 0 amide bonds. The normalized spacial score (nSPS) is 10.7. The molecule has 0 saturated carbocycles. The molecule has 0 spiro atoms. The lowest BCUT2D eigenvalue weighted by Crippen LogP contribution is -2.05. The SMILES string of the molecule is COc1cc(C(=O)c2cn(-c3ccc(C)cc3)cc2-c2ccccc2Cl)cc(OC)c1OC. The van der Waals surface area contributed by atoms with Crippen molar-refractivity contribution in [1.29, 1.82) is 0 Å². The van der Waals surface area contributed by atoms with Crippen LogP contribution in [-0.4, -0.2) is 31.7 Å². The van der Waals surface area contributed by atoms with Crippen LogP contribution >= 0.6 is 11.6 Å². The van der Waals surface area contributed by atoms with Crippen molar-refractivity contribution in [3.63, 3.8) is 0 Å². The van der Waals surface area contributed by atoms with Gasteiger partial charge in [0.1, 0.15) is 0 Å². The summed E-state index contributed by atoms with van der Waals surface area (Å²) in [5, 5.41) is 0.568. The molecule has 1 aromatic heterocycles. The van der Waals surface area contributed by atoms with Crippen LogP contribution in [0.5, 0.6) is 17.2 Å². The van der Waals surface area contributed by atoms with Crippen LogP contribution in [0.25, 0.3) is 16.8 Å². The van der Waals surface area contributed by atoms with E-state index in [0.717, 1.165) is 22.4 Å². The maximum Gasteiger partial charge on any atom is 0.203 e. The van der Waals surface area contributed by atoms with Crippen LogP contribution in [-0.2, 0) is 0 Å². The van der Waals surface area contributed by atoms with Crippen molar-refractivity contribution in [3.05, 3.63) is 94.8 Å². The second-order valence-corrected chi connectivity index (χ2v) is 7.96. The van der Waals surface area contributed by atoms with Gasteiger partial charge in [-0.3, -0.25) is 4.79 Å². The summed E-state index contributed by atoms with van der Waals surface area (Å²) < 4.78 is 18.2. The minimum atomic E-state index is -0.185. The molecule has 1 heterocycles. The van der Waals surface area contributed by atoms with E-state index in [-0.39, 0.29) is 5.78 Å². The number of ketones is 1. The molecular formula is C27H24ClNO4. The molecule has 0 aliphatic rings. The van der Waals surface area contributed by atoms with E-state index >= 15 is 0 Å². The van der Waals surface area contributed by atoms with Crippen LogP contribution in [0.4, 0.5) is 0 Å². The predicted molar refractivity (Wildman–Crippen MR) is 130 cm³/mol. The number of aromatic nitrogens is 1. The van der Waals surface area contributed by atoms with E-state index in [1.54, 1.807) is 12.1 Å². The predicted octanol–water partition coefficient (Wildman–Crippen LogP) is 6.36. The second kappa shape index (κ2) is 9.43. The molecule has 4 aromatic rings. The first-order valence-corrected chi connectivity index (χ1v) is 10.7. The molecule has 0 bridgehead atoms. The van der Waals surface area contributed by atoms with Gasteiger partial charge in [0, 0.05) is 45.4 Å². The zero-order chi connectivity index (χ0) is 23.5. The van der Waals surface area contributed by atoms with Gasteiger partial charge in [-0.2, -0.15) is 0 Å². The van der Waals surface area contributed by atoms with E-state index in [4.69, 9.17) is 25.8 Å². The smallest absolute Gasteiger partial charge is 0.203 e. The minimum absolute atomic E-state index is 0.185. The van der Waals surface area contributed by atoms with Gasteiger partial charge >= 0.3 is 0 Å². The van der Waals surface area contributed by atoms with Crippen molar-refractivity contribution in [2.75, 3.05) is 21.3 Å². The van der Waals surface area contributed by atoms with Gasteiger partial charge in [0.05, 0.1) is 21.3 Å². The zero-order valence-electron chi connectivity index (χ0n) is 18.9. The number of halogens is 1. The van der Waals surface area contributed by atoms with Gasteiger partial charge in [0.2, 0.25) is 5.75 Å². The molecule has 0 atom stereocenters. The van der Waals surface area contributed by atoms with Crippen molar-refractivity contribution in [3.8, 4) is 34.1 Å². The van der Waals surface area contributed by atoms with E-state index in [9.17, 15) is 4.79 Å². The quantitative estimate of drug-likeness (QED) is 0.300. The van der Waals surface area contributed by atoms with Gasteiger partial charge in [-0.05, 0) is 37.3 Å². The molecule has 0 unspecified atom stereocenters. The van der Waals surface area contributed by atoms with Crippen LogP contribution in [0.3, 0.4) is 0 Å². The van der Waals surface area contributed by atoms with Crippen LogP contribution in [0.2, 0.25) is 5.02 Å². The van der Waals surface area contributed by atoms with Gasteiger partial charge in [-0.15, -0.1) is 0 Å². The third kappa shape index (κ3) is 4.32. The topological polar surface area (TPSA) is 49.7 Å². The van der Waals surface area contributed by atoms with Crippen molar-refractivity contribution in [2.45, 2.75) is 6.92 Å². The standard InChI is InChI=1S/C27H24ClNO4/c1-17-9-11-19(12-10-17)29-15-21(20-7-5-6-8-23(20)28)22(16-29)26(30)18-13-24(31-2)27(33-4)25(14-18)32-3/h5-16H,1-4H3. The van der Waals surface area contributed by atoms with E-state index in [0.29, 0.717) is 33.4 Å². The first kappa shape index (κ1) is 22.5. The Morgan fingerprint density at radius 1 is 0.818 bits per heavy atom. The second-order valence-electron chi connectivity index (χ2n) is 7.55. The Morgan fingerprint density at radius 3 is 2.03 bits per heavy atom. The molecule has 0 saturated heterocycles. The van der Waals surface area contributed by atoms with Crippen molar-refractivity contribution < 1.29 is 19.0 Å². The first-order chi connectivity index (χ1) is 16.0. The Balaban J connectivity index is 1.90. The van der Waals surface area contributed by atoms with Crippen molar-refractivity contribution in [1.82, 2.24) is 4.57 Å². The fourth-order valence-electron chi connectivity index (χ4n) is 3.76. The van der Waals surface area contributed by atoms with Crippen LogP contribution in [0.1, 0.15) is 21.5 Å². The number of carbonyl (C=O) groups excluding carboxylic acids is 1. The summed E-state index contributed by atoms with van der Waals surface area (Å²) in [6, 6.07) is 18.9. The lowest BCUT2D eigenvalue weighted by molar-refractivity contribution is 0.103. The minimum Gasteiger partial charge on any atom is -0.493 e. The molecule has 0 fully saturated rings. The van der Waals surface area contributed by atoms with Gasteiger partial charge in [-0.1, -0.05) is 47.5 Å². The third-order valence-electron chi connectivity index (χ3n) is 5.49. The highest BCUT2D eigenvalue weighted by molar-refractivity contribution is 6.33. The Kier molecular flexibility index (Phi) is 6.43. The summed E-state index contributed by atoms with van der Waals surface area (Å²) in [7, 11) is 4.57. The summed E-state index contributed by atoms with van der Waals surface area (Å²) in [6.07, 6.45) is 3.76. The maximum absolute atomic E-state index is 13.8. The number of hydrogen-bond donors (Lipinski definition) is 0. The average molecular weight is 462 g/mol. The van der Waals surface area contributed by atoms with E-state index in [1.807, 2.05) is 72.4 Å². The van der Waals surface area contributed by atoms with Gasteiger partial charge < -0.3 is 18.8 Å². The van der Waals surface area contributed by atoms with Gasteiger partial charge in [-0.25, -0.2) is 0 Å². The monoisotopic (exact) mass is 461 g/mol. The van der Waals surface area contributed by atoms with Crippen molar-refractivity contribution in [2.24, 2.45) is 0 Å². The van der Waals surface area contributed by atoms with Crippen LogP contribution < -0.4 is 14.2 Å². The third-order valence-corrected chi connectivity index (χ3v) is 5.82. The van der Waals surface area contributed by atoms with E-state index in [1.165, 1.54) is 21.3 Å². The number of methoxy groups -OCH3 is 3. The summed E-state index contributed by atoms with van der Waals surface area (Å²) in [5.74, 6) is 1.07. The number of carbonyl (C=O) groups is 1. The highest BCUT2D eigenvalue weighted by Crippen LogP contribution is 2.40. The van der Waals surface area contributed by atoms with Crippen LogP contribution in [0, 0.1) is 6.92 Å². The summed E-state index contributed by atoms with van der Waals surface area (Å²) in [5.41, 5.74) is 4.54. The Bertz CT molecular complexity index is 1280. The Hall–Kier alpha value is -3.70. The highest BCUT2D eigenvalue weighted by Gasteiger charge is 2.23. The molecule has 6 heteroatoms. The fraction of sp³-hybridized carbons (Fsp3) is 0.148. The van der Waals surface area contributed by atoms with Gasteiger partial charge in [0.25, 0.3) is 0 Å². The molecule has 5 nitrogen and oxygen atoms in total. The average Bonchev–Trinajstić information content (AvgIpc) is 3.28. The zero-order valence-corrected chi connectivity index (χ0v) is 19.6. The van der Waals surface area contributed by atoms with Gasteiger partial charge in [0.15, 0.2) is 17.3 Å². The first-order valence-electron chi connectivity index (χ1n) is 10.4. The molecule has 0 aliphatic carbocycles. The number of nitrogens with zero attached hydrogens (tertiary/aromatic N) is 1. The molecular weight excluding hydrogens is 438 g/mol. The lowest BCUT2D eigenvalue weighted by atomic mass is 9.97. The fourth-order valence-corrected chi connectivity index (χ4v) is 4.00. The largest absolute Gasteiger partial charge is 0.493 e. The summed E-state index contributed by atoms with van der Waals surface area (Å²) in [4.78, 5) is 13.8. The number of hydrogen-bond acceptors (Lipinski definition) is 4. The Labute approximate surface area is 198 Å². The van der Waals surface area contributed by atoms with Crippen molar-refractivity contribution >= 4 is 17.4 Å². The molecule has 0 radical (unpaired) electrons. The Morgan fingerprint density at radius 2 is 1.45 bits per heavy atom. The van der Waals surface area contributed by atoms with Crippen LogP contribution in [0.15, 0.2) is 73.1 Å². The molecule has 168 valence electrons. The molecule has 0 aliphatic heterocycles. The number of ether oxygens (including phenoxy) is 3. The highest BCUT2D eigenvalue weighted by atomic mass is 35.5.